The number of unbranched alkanes of at least 4 members (excludes halogenated alkanes) is 2. The Morgan fingerprint density at radius 2 is 1.90 bits per heavy atom. The topological polar surface area (TPSA) is 46.2 Å². The molecule has 0 aliphatic heterocycles. The van der Waals surface area contributed by atoms with Crippen LogP contribution in [0.1, 0.15) is 40.0 Å². The predicted molar refractivity (Wildman–Crippen MR) is 84.4 cm³/mol. The summed E-state index contributed by atoms with van der Waals surface area (Å²) in [5.41, 5.74) is 3.09. The molecule has 0 aromatic heterocycles. The molecule has 20 heavy (non-hydrogen) atoms. The second-order valence-corrected chi connectivity index (χ2v) is 4.62. The van der Waals surface area contributed by atoms with Gasteiger partial charge >= 0.3 is 0 Å². The Hall–Kier alpha value is -1.90. The third-order valence-corrected chi connectivity index (χ3v) is 2.90. The van der Waals surface area contributed by atoms with Crippen molar-refractivity contribution in [2.75, 3.05) is 6.54 Å². The lowest BCUT2D eigenvalue weighted by molar-refractivity contribution is -0.113. The Balaban J connectivity index is 5.06. The van der Waals surface area contributed by atoms with Gasteiger partial charge in [0.2, 0.25) is 0 Å². The third kappa shape index (κ3) is 5.83. The minimum atomic E-state index is -0.0277. The molecule has 0 amide bonds. The molecule has 0 spiro atoms. The summed E-state index contributed by atoms with van der Waals surface area (Å²) < 4.78 is 0. The quantitative estimate of drug-likeness (QED) is 0.287. The van der Waals surface area contributed by atoms with E-state index in [9.17, 15) is 9.59 Å². The van der Waals surface area contributed by atoms with E-state index in [0.29, 0.717) is 12.0 Å². The number of Topliss-reactive ketones (excluding diaryl/α,β-unsaturated/α-hetero) is 1. The van der Waals surface area contributed by atoms with Gasteiger partial charge in [-0.1, -0.05) is 25.3 Å². The first-order valence-electron chi connectivity index (χ1n) is 6.87. The smallest absolute Gasteiger partial charge is 0.160 e. The fourth-order valence-electron chi connectivity index (χ4n) is 1.94. The summed E-state index contributed by atoms with van der Waals surface area (Å²) in [5, 5.41) is 3.31. The molecule has 0 heterocycles. The molecule has 0 fully saturated rings. The fraction of sp³-hybridized carbons (Fsp3) is 0.412. The highest BCUT2D eigenvalue weighted by atomic mass is 16.1. The van der Waals surface area contributed by atoms with Crippen LogP contribution in [0.4, 0.5) is 0 Å². The van der Waals surface area contributed by atoms with Gasteiger partial charge in [0.15, 0.2) is 5.78 Å². The summed E-state index contributed by atoms with van der Waals surface area (Å²) in [7, 11) is 0. The number of aldehydes is 1. The molecule has 0 rings (SSSR count). The number of carbonyl (C=O) groups is 2. The molecular weight excluding hydrogens is 250 g/mol. The molecule has 0 bridgehead atoms. The highest BCUT2D eigenvalue weighted by Gasteiger charge is 2.13. The predicted octanol–water partition coefficient (Wildman–Crippen LogP) is 3.50. The minimum Gasteiger partial charge on any atom is -0.385 e. The van der Waals surface area contributed by atoms with E-state index in [2.05, 4.69) is 18.5 Å². The summed E-state index contributed by atoms with van der Waals surface area (Å²) in [6.07, 6.45) is 6.78. The average molecular weight is 275 g/mol. The third-order valence-electron chi connectivity index (χ3n) is 2.90. The van der Waals surface area contributed by atoms with Crippen LogP contribution in [0.25, 0.3) is 0 Å². The number of nitrogens with one attached hydrogen (secondary N) is 1. The first kappa shape index (κ1) is 18.1. The van der Waals surface area contributed by atoms with Crippen molar-refractivity contribution in [3.05, 3.63) is 47.7 Å². The Bertz CT molecular complexity index is 442. The van der Waals surface area contributed by atoms with Gasteiger partial charge in [-0.15, -0.1) is 0 Å². The minimum absolute atomic E-state index is 0.0277. The molecule has 1 N–H and O–H groups in total. The number of rotatable bonds is 10. The normalized spacial score (nSPS) is 12.4. The summed E-state index contributed by atoms with van der Waals surface area (Å²) in [4.78, 5) is 22.0. The molecule has 110 valence electrons. The zero-order valence-electron chi connectivity index (χ0n) is 12.8. The molecule has 0 saturated carbocycles. The second-order valence-electron chi connectivity index (χ2n) is 4.62. The van der Waals surface area contributed by atoms with Crippen molar-refractivity contribution in [2.24, 2.45) is 0 Å². The van der Waals surface area contributed by atoms with Gasteiger partial charge in [0.05, 0.1) is 0 Å². The van der Waals surface area contributed by atoms with Crippen LogP contribution in [-0.2, 0) is 9.59 Å². The lowest BCUT2D eigenvalue weighted by Gasteiger charge is -2.17. The zero-order chi connectivity index (χ0) is 15.5. The van der Waals surface area contributed by atoms with E-state index in [1.54, 1.807) is 6.08 Å². The van der Waals surface area contributed by atoms with Crippen LogP contribution >= 0.6 is 0 Å². The second kappa shape index (κ2) is 9.96. The number of hydrogen-bond donors (Lipinski definition) is 1. The van der Waals surface area contributed by atoms with Crippen molar-refractivity contribution in [1.82, 2.24) is 5.32 Å². The van der Waals surface area contributed by atoms with E-state index in [1.807, 2.05) is 19.9 Å². The summed E-state index contributed by atoms with van der Waals surface area (Å²) >= 11 is 0. The molecule has 0 aliphatic rings. The van der Waals surface area contributed by atoms with E-state index >= 15 is 0 Å². The van der Waals surface area contributed by atoms with E-state index in [0.717, 1.165) is 42.5 Å². The van der Waals surface area contributed by atoms with Crippen molar-refractivity contribution in [2.45, 2.75) is 40.0 Å². The molecule has 0 aromatic rings. The molecule has 3 nitrogen and oxygen atoms in total. The molecule has 0 aromatic carbocycles. The van der Waals surface area contributed by atoms with Crippen molar-refractivity contribution < 1.29 is 9.59 Å². The van der Waals surface area contributed by atoms with Crippen molar-refractivity contribution in [3.63, 3.8) is 0 Å². The highest BCUT2D eigenvalue weighted by Crippen LogP contribution is 2.22. The molecule has 0 aliphatic carbocycles. The van der Waals surface area contributed by atoms with Crippen LogP contribution in [0.2, 0.25) is 0 Å². The number of allylic oxidation sites excluding steroid dienone is 4. The number of ketones is 1. The molecule has 0 radical (unpaired) electrons. The van der Waals surface area contributed by atoms with Crippen molar-refractivity contribution >= 4 is 12.1 Å². The molecule has 0 saturated heterocycles. The molecule has 0 unspecified atom stereocenters. The Morgan fingerprint density at radius 3 is 2.30 bits per heavy atom. The highest BCUT2D eigenvalue weighted by molar-refractivity contribution is 5.98. The van der Waals surface area contributed by atoms with E-state index in [1.165, 1.54) is 6.92 Å². The van der Waals surface area contributed by atoms with Gasteiger partial charge in [0.25, 0.3) is 0 Å². The summed E-state index contributed by atoms with van der Waals surface area (Å²) in [5.74, 6) is -0.0277. The van der Waals surface area contributed by atoms with Crippen LogP contribution in [0.5, 0.6) is 0 Å². The van der Waals surface area contributed by atoms with Gasteiger partial charge in [-0.05, 0) is 39.2 Å². The van der Waals surface area contributed by atoms with Crippen LogP contribution in [-0.4, -0.2) is 18.6 Å². The molecule has 3 heteroatoms. The van der Waals surface area contributed by atoms with Gasteiger partial charge in [-0.3, -0.25) is 4.79 Å². The van der Waals surface area contributed by atoms with Crippen molar-refractivity contribution in [3.8, 4) is 0 Å². The van der Waals surface area contributed by atoms with Crippen molar-refractivity contribution in [1.29, 1.82) is 0 Å². The largest absolute Gasteiger partial charge is 0.385 e. The van der Waals surface area contributed by atoms with Crippen LogP contribution in [0.3, 0.4) is 0 Å². The van der Waals surface area contributed by atoms with Crippen LogP contribution < -0.4 is 5.32 Å². The lowest BCUT2D eigenvalue weighted by Crippen LogP contribution is -2.19. The van der Waals surface area contributed by atoms with Gasteiger partial charge in [0.1, 0.15) is 6.29 Å². The number of hydrogen-bond acceptors (Lipinski definition) is 3. The first-order chi connectivity index (χ1) is 9.49. The molecular formula is C17H25NO2. The Morgan fingerprint density at radius 1 is 1.25 bits per heavy atom. The van der Waals surface area contributed by atoms with E-state index in [-0.39, 0.29) is 5.78 Å². The van der Waals surface area contributed by atoms with E-state index in [4.69, 9.17) is 0 Å². The van der Waals surface area contributed by atoms with Gasteiger partial charge in [-0.2, -0.15) is 0 Å². The maximum atomic E-state index is 11.7. The lowest BCUT2D eigenvalue weighted by atomic mass is 9.96. The first-order valence-corrected chi connectivity index (χ1v) is 6.87. The Kier molecular flexibility index (Phi) is 9.01. The standard InChI is InChI=1S/C17H25NO2/c1-6-15(14(5)20)17(13(3)4)16(7-2)18-11-9-8-10-12-19/h6-7,12,18H,1,3,8-11H2,2,4-5H3/b16-7+,17-15+. The van der Waals surface area contributed by atoms with Gasteiger partial charge in [-0.25, -0.2) is 0 Å². The summed E-state index contributed by atoms with van der Waals surface area (Å²) in [6.45, 7) is 13.7. The Labute approximate surface area is 122 Å². The monoisotopic (exact) mass is 275 g/mol. The average Bonchev–Trinajstić information content (AvgIpc) is 2.40. The fourth-order valence-corrected chi connectivity index (χ4v) is 1.94. The maximum Gasteiger partial charge on any atom is 0.160 e. The maximum absolute atomic E-state index is 11.7. The van der Waals surface area contributed by atoms with Crippen LogP contribution in [0, 0.1) is 0 Å². The SMILES string of the molecule is C=C/C(C(C)=O)=C(C(=C)C)\C(=C/C)NCCCCC=O. The van der Waals surface area contributed by atoms with E-state index < -0.39 is 0 Å². The molecule has 0 atom stereocenters. The number of carbonyl (C=O) groups excluding carboxylic acids is 2. The van der Waals surface area contributed by atoms with Crippen LogP contribution in [0.15, 0.2) is 47.7 Å². The summed E-state index contributed by atoms with van der Waals surface area (Å²) in [6, 6.07) is 0. The van der Waals surface area contributed by atoms with Gasteiger partial charge in [0, 0.05) is 29.8 Å². The zero-order valence-corrected chi connectivity index (χ0v) is 12.8. The van der Waals surface area contributed by atoms with Gasteiger partial charge < -0.3 is 10.1 Å².